The van der Waals surface area contributed by atoms with Crippen LogP contribution in [0.1, 0.15) is 36.4 Å². The SMILES string of the molecule is COC(=O)c1cc(S(=O)(=O)NC(C)(C)CCC(=O)O)cs1. The van der Waals surface area contributed by atoms with E-state index in [1.165, 1.54) is 18.6 Å². The van der Waals surface area contributed by atoms with Gasteiger partial charge in [-0.15, -0.1) is 11.3 Å². The Bertz CT molecular complexity index is 632. The third-order valence-corrected chi connectivity index (χ3v) is 5.38. The van der Waals surface area contributed by atoms with E-state index in [4.69, 9.17) is 5.11 Å². The second kappa shape index (κ2) is 6.54. The molecule has 0 aliphatic carbocycles. The van der Waals surface area contributed by atoms with Crippen LogP contribution in [0, 0.1) is 0 Å². The Kier molecular flexibility index (Phi) is 5.48. The highest BCUT2D eigenvalue weighted by atomic mass is 32.2. The number of hydrogen-bond donors (Lipinski definition) is 2. The number of ether oxygens (including phenoxy) is 1. The predicted octanol–water partition coefficient (Wildman–Crippen LogP) is 1.46. The monoisotopic (exact) mass is 335 g/mol. The summed E-state index contributed by atoms with van der Waals surface area (Å²) < 4.78 is 31.4. The summed E-state index contributed by atoms with van der Waals surface area (Å²) >= 11 is 0.966. The Balaban J connectivity index is 2.88. The zero-order chi connectivity index (χ0) is 16.3. The molecule has 1 aromatic rings. The van der Waals surface area contributed by atoms with Gasteiger partial charge in [0.2, 0.25) is 10.0 Å². The molecule has 118 valence electrons. The first-order chi connectivity index (χ1) is 9.57. The van der Waals surface area contributed by atoms with Crippen molar-refractivity contribution in [2.24, 2.45) is 0 Å². The van der Waals surface area contributed by atoms with Crippen LogP contribution in [-0.2, 0) is 19.6 Å². The van der Waals surface area contributed by atoms with Crippen LogP contribution >= 0.6 is 11.3 Å². The van der Waals surface area contributed by atoms with Gasteiger partial charge in [0, 0.05) is 17.3 Å². The van der Waals surface area contributed by atoms with Crippen molar-refractivity contribution in [3.8, 4) is 0 Å². The summed E-state index contributed by atoms with van der Waals surface area (Å²) in [5.74, 6) is -1.60. The van der Waals surface area contributed by atoms with Gasteiger partial charge in [-0.05, 0) is 26.3 Å². The van der Waals surface area contributed by atoms with E-state index in [1.807, 2.05) is 0 Å². The minimum atomic E-state index is -3.83. The number of nitrogens with one attached hydrogen (secondary N) is 1. The van der Waals surface area contributed by atoms with Crippen LogP contribution in [0.15, 0.2) is 16.3 Å². The summed E-state index contributed by atoms with van der Waals surface area (Å²) in [7, 11) is -2.62. The lowest BCUT2D eigenvalue weighted by Gasteiger charge is -2.24. The van der Waals surface area contributed by atoms with E-state index in [9.17, 15) is 18.0 Å². The lowest BCUT2D eigenvalue weighted by Crippen LogP contribution is -2.43. The van der Waals surface area contributed by atoms with Gasteiger partial charge in [0.05, 0.1) is 12.0 Å². The number of thiophene rings is 1. The first-order valence-electron chi connectivity index (χ1n) is 6.00. The zero-order valence-electron chi connectivity index (χ0n) is 11.9. The molecule has 0 saturated heterocycles. The summed E-state index contributed by atoms with van der Waals surface area (Å²) in [6.45, 7) is 3.20. The molecule has 1 rings (SSSR count). The molecule has 7 nitrogen and oxygen atoms in total. The van der Waals surface area contributed by atoms with Gasteiger partial charge in [0.1, 0.15) is 4.88 Å². The predicted molar refractivity (Wildman–Crippen MR) is 76.9 cm³/mol. The number of aliphatic carboxylic acids is 1. The van der Waals surface area contributed by atoms with E-state index in [-0.39, 0.29) is 22.6 Å². The number of carboxylic acids is 1. The van der Waals surface area contributed by atoms with Crippen molar-refractivity contribution < 1.29 is 27.9 Å². The summed E-state index contributed by atoms with van der Waals surface area (Å²) in [4.78, 5) is 22.0. The van der Waals surface area contributed by atoms with Crippen molar-refractivity contribution in [3.05, 3.63) is 16.3 Å². The number of carboxylic acid groups (broad SMARTS) is 1. The van der Waals surface area contributed by atoms with E-state index >= 15 is 0 Å². The Morgan fingerprint density at radius 3 is 2.57 bits per heavy atom. The fourth-order valence-corrected chi connectivity index (χ4v) is 4.19. The van der Waals surface area contributed by atoms with Gasteiger partial charge in [-0.25, -0.2) is 17.9 Å². The summed E-state index contributed by atoms with van der Waals surface area (Å²) in [5, 5.41) is 9.99. The minimum Gasteiger partial charge on any atom is -0.481 e. The van der Waals surface area contributed by atoms with Crippen LogP contribution < -0.4 is 4.72 Å². The molecule has 0 saturated carbocycles. The maximum absolute atomic E-state index is 12.2. The first kappa shape index (κ1) is 17.6. The molecule has 0 aliphatic heterocycles. The van der Waals surface area contributed by atoms with E-state index in [2.05, 4.69) is 9.46 Å². The lowest BCUT2D eigenvalue weighted by molar-refractivity contribution is -0.137. The zero-order valence-corrected chi connectivity index (χ0v) is 13.5. The molecule has 2 N–H and O–H groups in total. The molecule has 0 bridgehead atoms. The van der Waals surface area contributed by atoms with Gasteiger partial charge in [0.25, 0.3) is 0 Å². The van der Waals surface area contributed by atoms with Gasteiger partial charge >= 0.3 is 11.9 Å². The standard InChI is InChI=1S/C12H17NO6S2/c1-12(2,5-4-10(14)15)13-21(17,18)8-6-9(20-7-8)11(16)19-3/h6-7,13H,4-5H2,1-3H3,(H,14,15). The largest absolute Gasteiger partial charge is 0.481 e. The number of methoxy groups -OCH3 is 1. The van der Waals surface area contributed by atoms with Crippen LogP contribution in [0.5, 0.6) is 0 Å². The summed E-state index contributed by atoms with van der Waals surface area (Å²) in [6.07, 6.45) is 0.00211. The van der Waals surface area contributed by atoms with Gasteiger partial charge in [-0.3, -0.25) is 4.79 Å². The second-order valence-corrected chi connectivity index (χ2v) is 7.61. The molecule has 0 unspecified atom stereocenters. The number of carbonyl (C=O) groups excluding carboxylic acids is 1. The molecule has 0 radical (unpaired) electrons. The molecule has 1 heterocycles. The quantitative estimate of drug-likeness (QED) is 0.730. The average Bonchev–Trinajstić information content (AvgIpc) is 2.85. The molecule has 0 aliphatic rings. The molecule has 0 fully saturated rings. The third-order valence-electron chi connectivity index (χ3n) is 2.65. The van der Waals surface area contributed by atoms with Crippen molar-refractivity contribution in [1.82, 2.24) is 4.72 Å². The maximum atomic E-state index is 12.2. The van der Waals surface area contributed by atoms with Crippen molar-refractivity contribution in [3.63, 3.8) is 0 Å². The third kappa shape index (κ3) is 5.10. The fourth-order valence-electron chi connectivity index (χ4n) is 1.56. The summed E-state index contributed by atoms with van der Waals surface area (Å²) in [5.41, 5.74) is -0.912. The van der Waals surface area contributed by atoms with Crippen LogP contribution in [0.2, 0.25) is 0 Å². The maximum Gasteiger partial charge on any atom is 0.348 e. The van der Waals surface area contributed by atoms with E-state index in [0.717, 1.165) is 11.3 Å². The molecular weight excluding hydrogens is 318 g/mol. The fraction of sp³-hybridized carbons (Fsp3) is 0.500. The number of carbonyl (C=O) groups is 2. The van der Waals surface area contributed by atoms with Gasteiger partial charge in [0.15, 0.2) is 0 Å². The minimum absolute atomic E-state index is 0.0451. The molecule has 0 atom stereocenters. The Morgan fingerprint density at radius 2 is 2.05 bits per heavy atom. The lowest BCUT2D eigenvalue weighted by atomic mass is 10.0. The molecule has 9 heteroatoms. The van der Waals surface area contributed by atoms with E-state index in [1.54, 1.807) is 13.8 Å². The van der Waals surface area contributed by atoms with Crippen LogP contribution in [-0.4, -0.2) is 38.1 Å². The van der Waals surface area contributed by atoms with Gasteiger partial charge < -0.3 is 9.84 Å². The number of rotatable bonds is 7. The van der Waals surface area contributed by atoms with Crippen LogP contribution in [0.25, 0.3) is 0 Å². The highest BCUT2D eigenvalue weighted by Gasteiger charge is 2.28. The van der Waals surface area contributed by atoms with Gasteiger partial charge in [-0.1, -0.05) is 0 Å². The second-order valence-electron chi connectivity index (χ2n) is 5.02. The van der Waals surface area contributed by atoms with Crippen molar-refractivity contribution in [1.29, 1.82) is 0 Å². The Hall–Kier alpha value is -1.45. The van der Waals surface area contributed by atoms with E-state index in [0.29, 0.717) is 0 Å². The number of esters is 1. The number of hydrogen-bond acceptors (Lipinski definition) is 6. The number of sulfonamides is 1. The van der Waals surface area contributed by atoms with Crippen molar-refractivity contribution in [2.45, 2.75) is 37.1 Å². The Morgan fingerprint density at radius 1 is 1.43 bits per heavy atom. The highest BCUT2D eigenvalue weighted by molar-refractivity contribution is 7.89. The van der Waals surface area contributed by atoms with Gasteiger partial charge in [-0.2, -0.15) is 0 Å². The van der Waals surface area contributed by atoms with E-state index < -0.39 is 27.5 Å². The first-order valence-corrected chi connectivity index (χ1v) is 8.36. The van der Waals surface area contributed by atoms with Crippen LogP contribution in [0.4, 0.5) is 0 Å². The normalized spacial score (nSPS) is 12.1. The molecule has 21 heavy (non-hydrogen) atoms. The van der Waals surface area contributed by atoms with Crippen molar-refractivity contribution >= 4 is 33.3 Å². The van der Waals surface area contributed by atoms with Crippen molar-refractivity contribution in [2.75, 3.05) is 7.11 Å². The Labute approximate surface area is 127 Å². The van der Waals surface area contributed by atoms with Crippen LogP contribution in [0.3, 0.4) is 0 Å². The molecule has 1 aromatic heterocycles. The molecule has 0 spiro atoms. The molecule has 0 amide bonds. The molecular formula is C12H17NO6S2. The molecule has 0 aromatic carbocycles. The smallest absolute Gasteiger partial charge is 0.348 e. The average molecular weight is 335 g/mol. The highest BCUT2D eigenvalue weighted by Crippen LogP contribution is 2.22. The summed E-state index contributed by atoms with van der Waals surface area (Å²) in [6, 6.07) is 1.23. The topological polar surface area (TPSA) is 110 Å².